The largest absolute Gasteiger partial charge is 0.489 e. The number of benzene rings is 3. The standard InChI is InChI=1S/C31H31N3O2/c1-3-7-27-20-26(14-15-30(27)36-23-25-12-10-24(2)11-13-25)21-28(22-32)31(35)34-18-16-33(17-19-34)29-8-5-4-6-9-29/h3-6,8-15,20-21H,1,7,16-19,23H2,2H3/b28-21-. The minimum Gasteiger partial charge on any atom is -0.489 e. The molecular formula is C31H31N3O2. The summed E-state index contributed by atoms with van der Waals surface area (Å²) >= 11 is 0. The highest BCUT2D eigenvalue weighted by molar-refractivity contribution is 6.01. The Balaban J connectivity index is 1.44. The van der Waals surface area contributed by atoms with E-state index in [2.05, 4.69) is 60.9 Å². The summed E-state index contributed by atoms with van der Waals surface area (Å²) in [4.78, 5) is 17.1. The molecule has 0 radical (unpaired) electrons. The van der Waals surface area contributed by atoms with Gasteiger partial charge in [0.15, 0.2) is 0 Å². The van der Waals surface area contributed by atoms with Gasteiger partial charge in [-0.3, -0.25) is 4.79 Å². The highest BCUT2D eigenvalue weighted by atomic mass is 16.5. The van der Waals surface area contributed by atoms with Gasteiger partial charge in [-0.15, -0.1) is 6.58 Å². The molecule has 0 spiro atoms. The number of amides is 1. The van der Waals surface area contributed by atoms with Crippen molar-refractivity contribution in [2.45, 2.75) is 20.0 Å². The molecule has 0 aromatic heterocycles. The van der Waals surface area contributed by atoms with Crippen LogP contribution in [0.25, 0.3) is 6.08 Å². The molecule has 0 atom stereocenters. The molecule has 1 fully saturated rings. The lowest BCUT2D eigenvalue weighted by atomic mass is 10.0. The predicted molar refractivity (Wildman–Crippen MR) is 145 cm³/mol. The molecule has 182 valence electrons. The molecule has 1 amide bonds. The van der Waals surface area contributed by atoms with Crippen LogP contribution in [0.5, 0.6) is 5.75 Å². The molecule has 5 heteroatoms. The summed E-state index contributed by atoms with van der Waals surface area (Å²) in [6, 6.07) is 26.3. The minimum atomic E-state index is -0.227. The molecular weight excluding hydrogens is 446 g/mol. The fourth-order valence-corrected chi connectivity index (χ4v) is 4.28. The molecule has 5 nitrogen and oxygen atoms in total. The number of nitriles is 1. The molecule has 1 aliphatic heterocycles. The normalized spacial score (nSPS) is 13.7. The number of carbonyl (C=O) groups is 1. The van der Waals surface area contributed by atoms with Crippen LogP contribution in [-0.4, -0.2) is 37.0 Å². The quantitative estimate of drug-likeness (QED) is 0.242. The van der Waals surface area contributed by atoms with E-state index >= 15 is 0 Å². The highest BCUT2D eigenvalue weighted by Gasteiger charge is 2.24. The molecule has 3 aromatic carbocycles. The Morgan fingerprint density at radius 3 is 2.42 bits per heavy atom. The Kier molecular flexibility index (Phi) is 8.20. The van der Waals surface area contributed by atoms with Gasteiger partial charge in [-0.1, -0.05) is 60.2 Å². The van der Waals surface area contributed by atoms with Gasteiger partial charge in [0.05, 0.1) is 0 Å². The Hall–Kier alpha value is -4.30. The van der Waals surface area contributed by atoms with E-state index in [-0.39, 0.29) is 11.5 Å². The molecule has 36 heavy (non-hydrogen) atoms. The maximum atomic E-state index is 13.1. The van der Waals surface area contributed by atoms with Gasteiger partial charge in [0, 0.05) is 31.9 Å². The van der Waals surface area contributed by atoms with Gasteiger partial charge in [0.25, 0.3) is 5.91 Å². The van der Waals surface area contributed by atoms with Crippen molar-refractivity contribution in [3.63, 3.8) is 0 Å². The van der Waals surface area contributed by atoms with E-state index in [0.717, 1.165) is 41.2 Å². The summed E-state index contributed by atoms with van der Waals surface area (Å²) in [5.74, 6) is 0.546. The third kappa shape index (κ3) is 6.22. The first-order valence-corrected chi connectivity index (χ1v) is 12.2. The molecule has 0 bridgehead atoms. The monoisotopic (exact) mass is 477 g/mol. The first kappa shape index (κ1) is 24.8. The summed E-state index contributed by atoms with van der Waals surface area (Å²) in [5, 5.41) is 9.76. The number of allylic oxidation sites excluding steroid dienone is 1. The van der Waals surface area contributed by atoms with Gasteiger partial charge in [-0.05, 0) is 60.4 Å². The first-order chi connectivity index (χ1) is 17.6. The Bertz CT molecular complexity index is 1270. The van der Waals surface area contributed by atoms with Crippen LogP contribution < -0.4 is 9.64 Å². The maximum Gasteiger partial charge on any atom is 0.264 e. The molecule has 4 rings (SSSR count). The van der Waals surface area contributed by atoms with Crippen LogP contribution in [0, 0.1) is 18.3 Å². The van der Waals surface area contributed by atoms with Gasteiger partial charge < -0.3 is 14.5 Å². The molecule has 1 heterocycles. The van der Waals surface area contributed by atoms with Crippen molar-refractivity contribution in [2.24, 2.45) is 0 Å². The summed E-state index contributed by atoms with van der Waals surface area (Å²) in [5.41, 5.74) is 5.36. The average molecular weight is 478 g/mol. The van der Waals surface area contributed by atoms with Gasteiger partial charge in [-0.2, -0.15) is 5.26 Å². The smallest absolute Gasteiger partial charge is 0.264 e. The van der Waals surface area contributed by atoms with Crippen LogP contribution in [0.2, 0.25) is 0 Å². The SMILES string of the molecule is C=CCc1cc(/C=C(/C#N)C(=O)N2CCN(c3ccccc3)CC2)ccc1OCc1ccc(C)cc1. The predicted octanol–water partition coefficient (Wildman–Crippen LogP) is 5.56. The number of anilines is 1. The van der Waals surface area contributed by atoms with Crippen molar-refractivity contribution in [3.8, 4) is 11.8 Å². The average Bonchev–Trinajstić information content (AvgIpc) is 2.92. The van der Waals surface area contributed by atoms with Crippen molar-refractivity contribution in [1.82, 2.24) is 4.90 Å². The van der Waals surface area contributed by atoms with Crippen LogP contribution in [0.1, 0.15) is 22.3 Å². The third-order valence-corrected chi connectivity index (χ3v) is 6.31. The molecule has 3 aromatic rings. The Morgan fingerprint density at radius 2 is 1.75 bits per heavy atom. The zero-order valence-electron chi connectivity index (χ0n) is 20.7. The zero-order valence-corrected chi connectivity index (χ0v) is 20.7. The number of carbonyl (C=O) groups excluding carboxylic acids is 1. The Labute approximate surface area is 213 Å². The number of nitrogens with zero attached hydrogens (tertiary/aromatic N) is 3. The van der Waals surface area contributed by atoms with Crippen LogP contribution in [0.3, 0.4) is 0 Å². The highest BCUT2D eigenvalue weighted by Crippen LogP contribution is 2.24. The van der Waals surface area contributed by atoms with Crippen LogP contribution >= 0.6 is 0 Å². The number of ether oxygens (including phenoxy) is 1. The summed E-state index contributed by atoms with van der Waals surface area (Å²) in [7, 11) is 0. The van der Waals surface area contributed by atoms with E-state index in [1.165, 1.54) is 5.56 Å². The number of para-hydroxylation sites is 1. The minimum absolute atomic E-state index is 0.140. The summed E-state index contributed by atoms with van der Waals surface area (Å²) < 4.78 is 6.08. The van der Waals surface area contributed by atoms with E-state index in [1.54, 1.807) is 11.0 Å². The molecule has 0 unspecified atom stereocenters. The second-order valence-corrected chi connectivity index (χ2v) is 8.92. The van der Waals surface area contributed by atoms with Crippen molar-refractivity contribution in [1.29, 1.82) is 5.26 Å². The first-order valence-electron chi connectivity index (χ1n) is 12.2. The van der Waals surface area contributed by atoms with Crippen molar-refractivity contribution >= 4 is 17.7 Å². The topological polar surface area (TPSA) is 56.6 Å². The number of aryl methyl sites for hydroxylation is 1. The van der Waals surface area contributed by atoms with Gasteiger partial charge in [-0.25, -0.2) is 0 Å². The number of piperazine rings is 1. The van der Waals surface area contributed by atoms with Crippen LogP contribution in [0.4, 0.5) is 5.69 Å². The lowest BCUT2D eigenvalue weighted by molar-refractivity contribution is -0.126. The maximum absolute atomic E-state index is 13.1. The van der Waals surface area contributed by atoms with Crippen molar-refractivity contribution < 1.29 is 9.53 Å². The molecule has 1 saturated heterocycles. The zero-order chi connectivity index (χ0) is 25.3. The van der Waals surface area contributed by atoms with Gasteiger partial charge in [0.1, 0.15) is 24.0 Å². The van der Waals surface area contributed by atoms with E-state index in [4.69, 9.17) is 4.74 Å². The van der Waals surface area contributed by atoms with Gasteiger partial charge >= 0.3 is 0 Å². The third-order valence-electron chi connectivity index (χ3n) is 6.31. The number of rotatable bonds is 8. The van der Waals surface area contributed by atoms with Crippen LogP contribution in [0.15, 0.2) is 91.0 Å². The summed E-state index contributed by atoms with van der Waals surface area (Å²) in [6.07, 6.45) is 4.12. The molecule has 0 saturated carbocycles. The van der Waals surface area contributed by atoms with Crippen LogP contribution in [-0.2, 0) is 17.8 Å². The molecule has 1 aliphatic rings. The summed E-state index contributed by atoms with van der Waals surface area (Å²) in [6.45, 7) is 9.04. The fourth-order valence-electron chi connectivity index (χ4n) is 4.28. The van der Waals surface area contributed by atoms with E-state index in [0.29, 0.717) is 26.1 Å². The number of hydrogen-bond acceptors (Lipinski definition) is 4. The number of hydrogen-bond donors (Lipinski definition) is 0. The van der Waals surface area contributed by atoms with Gasteiger partial charge in [0.2, 0.25) is 0 Å². The van der Waals surface area contributed by atoms with E-state index < -0.39 is 0 Å². The molecule has 0 aliphatic carbocycles. The lowest BCUT2D eigenvalue weighted by Gasteiger charge is -2.36. The fraction of sp³-hybridized carbons (Fsp3) is 0.226. The van der Waals surface area contributed by atoms with E-state index in [9.17, 15) is 10.1 Å². The van der Waals surface area contributed by atoms with Crippen molar-refractivity contribution in [2.75, 3.05) is 31.1 Å². The van der Waals surface area contributed by atoms with E-state index in [1.807, 2.05) is 42.5 Å². The van der Waals surface area contributed by atoms with Crippen molar-refractivity contribution in [3.05, 3.63) is 113 Å². The second-order valence-electron chi connectivity index (χ2n) is 8.92. The second kappa shape index (κ2) is 11.9. The Morgan fingerprint density at radius 1 is 1.03 bits per heavy atom. The molecule has 0 N–H and O–H groups in total. The lowest BCUT2D eigenvalue weighted by Crippen LogP contribution is -2.49.